The molecule has 1 rings (SSSR count). The second-order valence-electron chi connectivity index (χ2n) is 4.74. The van der Waals surface area contributed by atoms with Gasteiger partial charge in [-0.1, -0.05) is 25.1 Å². The maximum Gasteiger partial charge on any atom is 0.338 e. The van der Waals surface area contributed by atoms with E-state index in [1.165, 1.54) is 7.11 Å². The van der Waals surface area contributed by atoms with E-state index in [0.717, 1.165) is 12.1 Å². The molecule has 0 radical (unpaired) electrons. The van der Waals surface area contributed by atoms with Gasteiger partial charge in [-0.3, -0.25) is 9.69 Å². The van der Waals surface area contributed by atoms with E-state index in [4.69, 9.17) is 4.74 Å². The molecule has 0 fully saturated rings. The highest BCUT2D eigenvalue weighted by molar-refractivity contribution is 5.91. The van der Waals surface area contributed by atoms with E-state index in [1.807, 2.05) is 24.0 Å². The maximum absolute atomic E-state index is 11.8. The fourth-order valence-electron chi connectivity index (χ4n) is 1.82. The smallest absolute Gasteiger partial charge is 0.338 e. The Hall–Kier alpha value is -1.88. The fourth-order valence-corrected chi connectivity index (χ4v) is 1.82. The highest BCUT2D eigenvalue weighted by atomic mass is 16.5. The van der Waals surface area contributed by atoms with Crippen LogP contribution in [-0.4, -0.2) is 56.0 Å². The normalized spacial score (nSPS) is 10.4. The number of hydrogen-bond acceptors (Lipinski definition) is 4. The van der Waals surface area contributed by atoms with Gasteiger partial charge in [-0.15, -0.1) is 0 Å². The number of benzene rings is 1. The second kappa shape index (κ2) is 7.65. The Morgan fingerprint density at radius 2 is 1.85 bits per heavy atom. The number of carbonyl (C=O) groups is 2. The molecule has 0 N–H and O–H groups in total. The van der Waals surface area contributed by atoms with Crippen molar-refractivity contribution < 1.29 is 14.3 Å². The third-order valence-corrected chi connectivity index (χ3v) is 3.12. The first-order valence-electron chi connectivity index (χ1n) is 6.58. The predicted octanol–water partition coefficient (Wildman–Crippen LogP) is 1.38. The van der Waals surface area contributed by atoms with E-state index in [2.05, 4.69) is 0 Å². The quantitative estimate of drug-likeness (QED) is 0.738. The van der Waals surface area contributed by atoms with Gasteiger partial charge in [0, 0.05) is 20.6 Å². The van der Waals surface area contributed by atoms with Crippen LogP contribution in [0.2, 0.25) is 0 Å². The van der Waals surface area contributed by atoms with Crippen molar-refractivity contribution in [1.29, 1.82) is 0 Å². The Morgan fingerprint density at radius 3 is 2.40 bits per heavy atom. The third-order valence-electron chi connectivity index (χ3n) is 3.12. The van der Waals surface area contributed by atoms with Crippen LogP contribution >= 0.6 is 0 Å². The molecule has 0 spiro atoms. The number of likely N-dealkylation sites (N-methyl/N-ethyl adjacent to an activating group) is 2. The van der Waals surface area contributed by atoms with Crippen LogP contribution in [-0.2, 0) is 16.1 Å². The van der Waals surface area contributed by atoms with Gasteiger partial charge in [-0.2, -0.15) is 0 Å². The predicted molar refractivity (Wildman–Crippen MR) is 77.4 cm³/mol. The minimum atomic E-state index is -0.351. The Kier molecular flexibility index (Phi) is 6.18. The van der Waals surface area contributed by atoms with E-state index in [-0.39, 0.29) is 11.9 Å². The first kappa shape index (κ1) is 16.2. The van der Waals surface area contributed by atoms with Gasteiger partial charge >= 0.3 is 5.97 Å². The second-order valence-corrected chi connectivity index (χ2v) is 4.74. The number of amides is 1. The van der Waals surface area contributed by atoms with Crippen LogP contribution in [0.1, 0.15) is 22.8 Å². The molecule has 1 aromatic rings. The van der Waals surface area contributed by atoms with E-state index < -0.39 is 0 Å². The van der Waals surface area contributed by atoms with Gasteiger partial charge in [0.25, 0.3) is 0 Å². The van der Waals surface area contributed by atoms with Crippen molar-refractivity contribution >= 4 is 11.9 Å². The minimum absolute atomic E-state index is 0.0439. The number of ether oxygens (including phenoxy) is 1. The number of carbonyl (C=O) groups excluding carboxylic acids is 2. The van der Waals surface area contributed by atoms with Crippen LogP contribution in [0.25, 0.3) is 0 Å². The van der Waals surface area contributed by atoms with Crippen LogP contribution < -0.4 is 0 Å². The summed E-state index contributed by atoms with van der Waals surface area (Å²) in [5.74, 6) is -0.307. The lowest BCUT2D eigenvalue weighted by atomic mass is 10.1. The van der Waals surface area contributed by atoms with E-state index >= 15 is 0 Å². The zero-order valence-electron chi connectivity index (χ0n) is 12.5. The van der Waals surface area contributed by atoms with Crippen LogP contribution in [0.15, 0.2) is 24.3 Å². The zero-order valence-corrected chi connectivity index (χ0v) is 12.5. The lowest BCUT2D eigenvalue weighted by Crippen LogP contribution is -2.36. The summed E-state index contributed by atoms with van der Waals surface area (Å²) in [7, 11) is 4.84. The highest BCUT2D eigenvalue weighted by Gasteiger charge is 2.16. The summed E-state index contributed by atoms with van der Waals surface area (Å²) < 4.78 is 4.78. The van der Waals surface area contributed by atoms with Crippen molar-refractivity contribution in [3.05, 3.63) is 35.4 Å². The molecule has 0 aliphatic carbocycles. The molecule has 0 bridgehead atoms. The van der Waals surface area contributed by atoms with Gasteiger partial charge in [0.15, 0.2) is 0 Å². The van der Waals surface area contributed by atoms with Gasteiger partial charge in [-0.25, -0.2) is 4.79 Å². The molecule has 1 amide bonds. The van der Waals surface area contributed by atoms with Crippen molar-refractivity contribution in [2.45, 2.75) is 13.5 Å². The van der Waals surface area contributed by atoms with E-state index in [1.54, 1.807) is 31.1 Å². The van der Waals surface area contributed by atoms with Gasteiger partial charge < -0.3 is 9.64 Å². The van der Waals surface area contributed by atoms with Gasteiger partial charge in [0.1, 0.15) is 0 Å². The molecule has 0 aliphatic heterocycles. The van der Waals surface area contributed by atoms with Crippen molar-refractivity contribution in [1.82, 2.24) is 9.80 Å². The number of hydrogen-bond donors (Lipinski definition) is 0. The lowest BCUT2D eigenvalue weighted by molar-refractivity contribution is -0.130. The molecule has 0 saturated carbocycles. The summed E-state index contributed by atoms with van der Waals surface area (Å²) in [6.07, 6.45) is 0. The van der Waals surface area contributed by atoms with Crippen LogP contribution in [0.3, 0.4) is 0 Å². The fraction of sp³-hybridized carbons (Fsp3) is 0.467. The third kappa shape index (κ3) is 4.35. The highest BCUT2D eigenvalue weighted by Crippen LogP contribution is 2.13. The first-order chi connectivity index (χ1) is 9.49. The largest absolute Gasteiger partial charge is 0.465 e. The molecule has 0 unspecified atom stereocenters. The summed E-state index contributed by atoms with van der Waals surface area (Å²) >= 11 is 0. The standard InChI is InChI=1S/C15H22N2O3/c1-5-17(11-14(18)16(2)3)10-12-8-6-7-9-13(12)15(19)20-4/h6-9H,5,10-11H2,1-4H3. The van der Waals surface area contributed by atoms with Crippen molar-refractivity contribution in [2.75, 3.05) is 34.3 Å². The topological polar surface area (TPSA) is 49.9 Å². The van der Waals surface area contributed by atoms with Gasteiger partial charge in [0.05, 0.1) is 19.2 Å². The molecule has 5 heteroatoms. The summed E-state index contributed by atoms with van der Waals surface area (Å²) in [5, 5.41) is 0. The minimum Gasteiger partial charge on any atom is -0.465 e. The number of esters is 1. The number of methoxy groups -OCH3 is 1. The number of rotatable bonds is 6. The Labute approximate surface area is 120 Å². The van der Waals surface area contributed by atoms with Gasteiger partial charge in [0.2, 0.25) is 5.91 Å². The maximum atomic E-state index is 11.8. The number of nitrogens with zero attached hydrogens (tertiary/aromatic N) is 2. The van der Waals surface area contributed by atoms with Gasteiger partial charge in [-0.05, 0) is 18.2 Å². The zero-order chi connectivity index (χ0) is 15.1. The molecule has 0 saturated heterocycles. The molecule has 110 valence electrons. The average Bonchev–Trinajstić information content (AvgIpc) is 2.45. The summed E-state index contributed by atoms with van der Waals surface area (Å²) in [6, 6.07) is 7.30. The van der Waals surface area contributed by atoms with Crippen LogP contribution in [0.4, 0.5) is 0 Å². The molecule has 0 aromatic heterocycles. The molecular weight excluding hydrogens is 256 g/mol. The molecular formula is C15H22N2O3. The van der Waals surface area contributed by atoms with Crippen molar-refractivity contribution in [3.63, 3.8) is 0 Å². The molecule has 5 nitrogen and oxygen atoms in total. The Balaban J connectivity index is 2.85. The molecule has 20 heavy (non-hydrogen) atoms. The first-order valence-corrected chi connectivity index (χ1v) is 6.58. The SMILES string of the molecule is CCN(CC(=O)N(C)C)Cc1ccccc1C(=O)OC. The van der Waals surface area contributed by atoms with Crippen molar-refractivity contribution in [3.8, 4) is 0 Å². The monoisotopic (exact) mass is 278 g/mol. The molecule has 1 aromatic carbocycles. The summed E-state index contributed by atoms with van der Waals surface area (Å²) in [5.41, 5.74) is 1.42. The Bertz CT molecular complexity index is 472. The van der Waals surface area contributed by atoms with Crippen molar-refractivity contribution in [2.24, 2.45) is 0 Å². The Morgan fingerprint density at radius 1 is 1.20 bits per heavy atom. The van der Waals surface area contributed by atoms with Crippen LogP contribution in [0, 0.1) is 0 Å². The lowest BCUT2D eigenvalue weighted by Gasteiger charge is -2.22. The van der Waals surface area contributed by atoms with E-state index in [0.29, 0.717) is 18.7 Å². The van der Waals surface area contributed by atoms with Crippen LogP contribution in [0.5, 0.6) is 0 Å². The molecule has 0 aliphatic rings. The molecule has 0 atom stereocenters. The molecule has 0 heterocycles. The van der Waals surface area contributed by atoms with E-state index in [9.17, 15) is 9.59 Å². The average molecular weight is 278 g/mol. The summed E-state index contributed by atoms with van der Waals surface area (Å²) in [6.45, 7) is 3.60. The summed E-state index contributed by atoms with van der Waals surface area (Å²) in [4.78, 5) is 27.0.